The number of nitrogens with zero attached hydrogens (tertiary/aromatic N) is 1. The van der Waals surface area contributed by atoms with E-state index < -0.39 is 0 Å². The first-order valence-electron chi connectivity index (χ1n) is 6.47. The van der Waals surface area contributed by atoms with Crippen LogP contribution in [0.4, 0.5) is 15.8 Å². The van der Waals surface area contributed by atoms with Crippen molar-refractivity contribution in [3.05, 3.63) is 59.9 Å². The Kier molecular flexibility index (Phi) is 4.89. The Balaban J connectivity index is 1.79. The van der Waals surface area contributed by atoms with Crippen molar-refractivity contribution in [3.8, 4) is 6.07 Å². The first-order valence-corrected chi connectivity index (χ1v) is 6.47. The number of amides is 1. The smallest absolute Gasteiger partial charge is 0.226 e. The summed E-state index contributed by atoms with van der Waals surface area (Å²) in [6.45, 7) is 0.440. The minimum Gasteiger partial charge on any atom is -0.385 e. The average Bonchev–Trinajstić information content (AvgIpc) is 2.49. The second-order valence-electron chi connectivity index (χ2n) is 4.42. The molecule has 0 fully saturated rings. The Hall–Kier alpha value is -2.87. The average molecular weight is 283 g/mol. The minimum atomic E-state index is -0.296. The van der Waals surface area contributed by atoms with Gasteiger partial charge in [0.15, 0.2) is 0 Å². The molecule has 0 aromatic heterocycles. The van der Waals surface area contributed by atoms with Crippen LogP contribution in [-0.4, -0.2) is 12.5 Å². The Labute approximate surface area is 122 Å². The van der Waals surface area contributed by atoms with Crippen LogP contribution in [0.25, 0.3) is 0 Å². The van der Waals surface area contributed by atoms with Gasteiger partial charge in [-0.25, -0.2) is 4.39 Å². The molecule has 0 heterocycles. The zero-order valence-electron chi connectivity index (χ0n) is 11.3. The van der Waals surface area contributed by atoms with E-state index in [1.165, 1.54) is 12.1 Å². The highest BCUT2D eigenvalue weighted by atomic mass is 19.1. The van der Waals surface area contributed by atoms with Crippen LogP contribution in [0.1, 0.15) is 12.0 Å². The summed E-state index contributed by atoms with van der Waals surface area (Å²) < 4.78 is 12.7. The van der Waals surface area contributed by atoms with Crippen molar-refractivity contribution in [1.82, 2.24) is 0 Å². The molecule has 0 atom stereocenters. The lowest BCUT2D eigenvalue weighted by Crippen LogP contribution is -2.16. The molecule has 0 saturated carbocycles. The van der Waals surface area contributed by atoms with Crippen LogP contribution in [-0.2, 0) is 4.79 Å². The molecule has 2 N–H and O–H groups in total. The Bertz CT molecular complexity index is 662. The lowest BCUT2D eigenvalue weighted by Gasteiger charge is -2.07. The Morgan fingerprint density at radius 1 is 1.14 bits per heavy atom. The van der Waals surface area contributed by atoms with Crippen LogP contribution in [0.15, 0.2) is 48.5 Å². The van der Waals surface area contributed by atoms with Gasteiger partial charge in [-0.2, -0.15) is 5.26 Å². The van der Waals surface area contributed by atoms with E-state index in [0.29, 0.717) is 17.8 Å². The molecule has 2 aromatic rings. The van der Waals surface area contributed by atoms with Gasteiger partial charge in [0.2, 0.25) is 5.91 Å². The van der Waals surface area contributed by atoms with Crippen molar-refractivity contribution in [2.45, 2.75) is 6.42 Å². The third kappa shape index (κ3) is 4.62. The van der Waals surface area contributed by atoms with Gasteiger partial charge >= 0.3 is 0 Å². The highest BCUT2D eigenvalue weighted by molar-refractivity contribution is 5.91. The highest BCUT2D eigenvalue weighted by Crippen LogP contribution is 2.11. The van der Waals surface area contributed by atoms with E-state index in [0.717, 1.165) is 5.69 Å². The van der Waals surface area contributed by atoms with Crippen LogP contribution in [0.5, 0.6) is 0 Å². The van der Waals surface area contributed by atoms with Crippen LogP contribution in [0.2, 0.25) is 0 Å². The maximum Gasteiger partial charge on any atom is 0.226 e. The van der Waals surface area contributed by atoms with E-state index in [9.17, 15) is 9.18 Å². The number of halogens is 1. The first-order chi connectivity index (χ1) is 10.2. The van der Waals surface area contributed by atoms with E-state index in [4.69, 9.17) is 5.26 Å². The molecule has 1 amide bonds. The van der Waals surface area contributed by atoms with Crippen molar-refractivity contribution in [3.63, 3.8) is 0 Å². The first kappa shape index (κ1) is 14.5. The van der Waals surface area contributed by atoms with Gasteiger partial charge in [-0.1, -0.05) is 6.07 Å². The molecular weight excluding hydrogens is 269 g/mol. The fourth-order valence-electron chi connectivity index (χ4n) is 1.78. The zero-order chi connectivity index (χ0) is 15.1. The van der Waals surface area contributed by atoms with Crippen LogP contribution < -0.4 is 10.6 Å². The van der Waals surface area contributed by atoms with Gasteiger partial charge in [0.25, 0.3) is 0 Å². The number of anilines is 2. The second kappa shape index (κ2) is 7.06. The number of carbonyl (C=O) groups excluding carboxylic acids is 1. The molecule has 0 spiro atoms. The van der Waals surface area contributed by atoms with Gasteiger partial charge < -0.3 is 10.6 Å². The third-order valence-corrected chi connectivity index (χ3v) is 2.80. The van der Waals surface area contributed by atoms with Gasteiger partial charge in [-0.3, -0.25) is 4.79 Å². The summed E-state index contributed by atoms with van der Waals surface area (Å²) in [6.07, 6.45) is 0.272. The summed E-state index contributed by atoms with van der Waals surface area (Å²) in [5.74, 6) is -0.449. The molecule has 0 aliphatic rings. The number of nitrogens with one attached hydrogen (secondary N) is 2. The monoisotopic (exact) mass is 283 g/mol. The largest absolute Gasteiger partial charge is 0.385 e. The van der Waals surface area contributed by atoms with Crippen molar-refractivity contribution >= 4 is 17.3 Å². The fourth-order valence-corrected chi connectivity index (χ4v) is 1.78. The molecule has 106 valence electrons. The second-order valence-corrected chi connectivity index (χ2v) is 4.42. The fraction of sp³-hybridized carbons (Fsp3) is 0.125. The minimum absolute atomic E-state index is 0.153. The molecule has 0 aliphatic heterocycles. The summed E-state index contributed by atoms with van der Waals surface area (Å²) in [5.41, 5.74) is 1.86. The van der Waals surface area contributed by atoms with Gasteiger partial charge in [0.1, 0.15) is 5.82 Å². The number of hydrogen-bond donors (Lipinski definition) is 2. The van der Waals surface area contributed by atoms with Crippen LogP contribution >= 0.6 is 0 Å². The van der Waals surface area contributed by atoms with Gasteiger partial charge in [-0.15, -0.1) is 0 Å². The molecular formula is C16H14FN3O. The molecule has 0 aliphatic carbocycles. The summed E-state index contributed by atoms with van der Waals surface area (Å²) in [5, 5.41) is 14.5. The number of nitriles is 1. The normalized spacial score (nSPS) is 9.71. The lowest BCUT2D eigenvalue weighted by molar-refractivity contribution is -0.115. The maximum absolute atomic E-state index is 12.7. The number of hydrogen-bond acceptors (Lipinski definition) is 3. The zero-order valence-corrected chi connectivity index (χ0v) is 11.3. The van der Waals surface area contributed by atoms with Crippen LogP contribution in [0, 0.1) is 17.1 Å². The number of carbonyl (C=O) groups is 1. The number of benzene rings is 2. The van der Waals surface area contributed by atoms with Gasteiger partial charge in [0, 0.05) is 24.3 Å². The quantitative estimate of drug-likeness (QED) is 0.886. The van der Waals surface area contributed by atoms with E-state index in [-0.39, 0.29) is 18.1 Å². The molecule has 0 bridgehead atoms. The van der Waals surface area contributed by atoms with E-state index in [1.54, 1.807) is 36.4 Å². The van der Waals surface area contributed by atoms with Crippen molar-refractivity contribution in [2.75, 3.05) is 17.2 Å². The molecule has 4 nitrogen and oxygen atoms in total. The summed E-state index contributed by atoms with van der Waals surface area (Å²) in [7, 11) is 0. The third-order valence-electron chi connectivity index (χ3n) is 2.80. The van der Waals surface area contributed by atoms with Gasteiger partial charge in [0.05, 0.1) is 11.6 Å². The highest BCUT2D eigenvalue weighted by Gasteiger charge is 2.03. The standard InChI is InChI=1S/C16H14FN3O/c17-13-4-6-14(7-5-13)19-9-8-16(21)20-15-3-1-2-12(10-15)11-18/h1-7,10,19H,8-9H2,(H,20,21). The maximum atomic E-state index is 12.7. The molecule has 21 heavy (non-hydrogen) atoms. The predicted molar refractivity (Wildman–Crippen MR) is 79.3 cm³/mol. The topological polar surface area (TPSA) is 64.9 Å². The van der Waals surface area contributed by atoms with Gasteiger partial charge in [-0.05, 0) is 42.5 Å². The molecule has 5 heteroatoms. The summed E-state index contributed by atoms with van der Waals surface area (Å²) in [4.78, 5) is 11.8. The van der Waals surface area contributed by atoms with Crippen LogP contribution in [0.3, 0.4) is 0 Å². The summed E-state index contributed by atoms with van der Waals surface area (Å²) in [6, 6.07) is 14.7. The van der Waals surface area contributed by atoms with Crippen molar-refractivity contribution in [1.29, 1.82) is 5.26 Å². The van der Waals surface area contributed by atoms with E-state index in [1.807, 2.05) is 6.07 Å². The van der Waals surface area contributed by atoms with E-state index in [2.05, 4.69) is 10.6 Å². The lowest BCUT2D eigenvalue weighted by atomic mass is 10.2. The predicted octanol–water partition coefficient (Wildman–Crippen LogP) is 3.14. The Morgan fingerprint density at radius 2 is 1.90 bits per heavy atom. The number of rotatable bonds is 5. The van der Waals surface area contributed by atoms with E-state index >= 15 is 0 Å². The molecule has 0 unspecified atom stereocenters. The van der Waals surface area contributed by atoms with Crippen molar-refractivity contribution < 1.29 is 9.18 Å². The molecule has 2 rings (SSSR count). The Morgan fingerprint density at radius 3 is 2.62 bits per heavy atom. The molecule has 0 radical (unpaired) electrons. The SMILES string of the molecule is N#Cc1cccc(NC(=O)CCNc2ccc(F)cc2)c1. The molecule has 0 saturated heterocycles. The van der Waals surface area contributed by atoms with Crippen molar-refractivity contribution in [2.24, 2.45) is 0 Å². The molecule has 2 aromatic carbocycles. The summed E-state index contributed by atoms with van der Waals surface area (Å²) >= 11 is 0.